The highest BCUT2D eigenvalue weighted by molar-refractivity contribution is 9.09. The molecule has 0 aromatic heterocycles. The Bertz CT molecular complexity index is 409. The molecule has 0 aliphatic heterocycles. The number of amides is 1. The molecule has 1 aromatic carbocycles. The minimum Gasteiger partial charge on any atom is -0.348 e. The summed E-state index contributed by atoms with van der Waals surface area (Å²) in [4.78, 5) is 11.8. The Morgan fingerprint density at radius 3 is 2.59 bits per heavy atom. The second kappa shape index (κ2) is 6.10. The van der Waals surface area contributed by atoms with Gasteiger partial charge in [-0.15, -0.1) is 0 Å². The summed E-state index contributed by atoms with van der Waals surface area (Å²) in [6.07, 6.45) is 0. The van der Waals surface area contributed by atoms with Crippen molar-refractivity contribution in [3.05, 3.63) is 35.4 Å². The molecule has 5 heteroatoms. The Balaban J connectivity index is 2.86. The van der Waals surface area contributed by atoms with Gasteiger partial charge in [0.15, 0.2) is 0 Å². The smallest absolute Gasteiger partial charge is 0.254 e. The second-order valence-corrected chi connectivity index (χ2v) is 4.75. The molecular formula is C12H14BrF2NO. The normalized spacial score (nSPS) is 12.6. The highest BCUT2D eigenvalue weighted by Gasteiger charge is 2.18. The summed E-state index contributed by atoms with van der Waals surface area (Å²) in [6, 6.07) is 2.71. The topological polar surface area (TPSA) is 29.1 Å². The first-order valence-corrected chi connectivity index (χ1v) is 6.39. The van der Waals surface area contributed by atoms with Gasteiger partial charge in [0.2, 0.25) is 0 Å². The van der Waals surface area contributed by atoms with Crippen LogP contribution in [0.4, 0.5) is 8.78 Å². The standard InChI is InChI=1S/C12H14BrF2NO/c1-7(2)11(6-13)16-12(17)9-5-8(14)3-4-10(9)15/h3-5,7,11H,6H2,1-2H3,(H,16,17). The van der Waals surface area contributed by atoms with Crippen LogP contribution in [0.15, 0.2) is 18.2 Å². The van der Waals surface area contributed by atoms with Crippen LogP contribution in [0.5, 0.6) is 0 Å². The van der Waals surface area contributed by atoms with Crippen molar-refractivity contribution in [2.24, 2.45) is 5.92 Å². The summed E-state index contributed by atoms with van der Waals surface area (Å²) in [6.45, 7) is 3.88. The van der Waals surface area contributed by atoms with Crippen LogP contribution in [0.25, 0.3) is 0 Å². The third kappa shape index (κ3) is 3.77. The van der Waals surface area contributed by atoms with Gasteiger partial charge in [-0.25, -0.2) is 8.78 Å². The molecule has 0 spiro atoms. The molecule has 0 radical (unpaired) electrons. The fraction of sp³-hybridized carbons (Fsp3) is 0.417. The van der Waals surface area contributed by atoms with Gasteiger partial charge >= 0.3 is 0 Å². The lowest BCUT2D eigenvalue weighted by atomic mass is 10.1. The number of hydrogen-bond donors (Lipinski definition) is 1. The Kier molecular flexibility index (Phi) is 5.05. The van der Waals surface area contributed by atoms with Crippen molar-refractivity contribution in [3.63, 3.8) is 0 Å². The molecule has 2 nitrogen and oxygen atoms in total. The number of alkyl halides is 1. The van der Waals surface area contributed by atoms with E-state index in [2.05, 4.69) is 21.2 Å². The monoisotopic (exact) mass is 305 g/mol. The summed E-state index contributed by atoms with van der Waals surface area (Å²) < 4.78 is 26.3. The average molecular weight is 306 g/mol. The predicted octanol–water partition coefficient (Wildman–Crippen LogP) is 3.11. The SMILES string of the molecule is CC(C)C(CBr)NC(=O)c1cc(F)ccc1F. The molecule has 94 valence electrons. The number of rotatable bonds is 4. The number of benzene rings is 1. The van der Waals surface area contributed by atoms with Crippen LogP contribution < -0.4 is 5.32 Å². The van der Waals surface area contributed by atoms with Crippen molar-refractivity contribution < 1.29 is 13.6 Å². The average Bonchev–Trinajstić information content (AvgIpc) is 2.28. The molecule has 1 aromatic rings. The summed E-state index contributed by atoms with van der Waals surface area (Å²) in [5.41, 5.74) is -0.267. The fourth-order valence-electron chi connectivity index (χ4n) is 1.30. The Morgan fingerprint density at radius 1 is 1.41 bits per heavy atom. The van der Waals surface area contributed by atoms with E-state index in [9.17, 15) is 13.6 Å². The van der Waals surface area contributed by atoms with E-state index >= 15 is 0 Å². The van der Waals surface area contributed by atoms with E-state index in [1.54, 1.807) is 0 Å². The molecule has 1 unspecified atom stereocenters. The number of hydrogen-bond acceptors (Lipinski definition) is 1. The summed E-state index contributed by atoms with van der Waals surface area (Å²) in [7, 11) is 0. The molecule has 1 N–H and O–H groups in total. The maximum absolute atomic E-state index is 13.3. The minimum absolute atomic E-state index is 0.120. The molecule has 17 heavy (non-hydrogen) atoms. The maximum Gasteiger partial charge on any atom is 0.254 e. The molecule has 0 aliphatic rings. The first kappa shape index (κ1) is 14.1. The highest BCUT2D eigenvalue weighted by Crippen LogP contribution is 2.11. The summed E-state index contributed by atoms with van der Waals surface area (Å²) in [5.74, 6) is -1.74. The first-order chi connectivity index (χ1) is 7.95. The lowest BCUT2D eigenvalue weighted by molar-refractivity contribution is 0.0927. The molecule has 0 saturated heterocycles. The van der Waals surface area contributed by atoms with Gasteiger partial charge in [-0.3, -0.25) is 4.79 Å². The van der Waals surface area contributed by atoms with E-state index in [4.69, 9.17) is 0 Å². The van der Waals surface area contributed by atoms with Crippen LogP contribution in [-0.2, 0) is 0 Å². The minimum atomic E-state index is -0.721. The van der Waals surface area contributed by atoms with Gasteiger partial charge in [-0.2, -0.15) is 0 Å². The largest absolute Gasteiger partial charge is 0.348 e. The zero-order valence-corrected chi connectivity index (χ0v) is 11.2. The Labute approximate surface area is 108 Å². The molecule has 0 heterocycles. The van der Waals surface area contributed by atoms with Crippen LogP contribution >= 0.6 is 15.9 Å². The van der Waals surface area contributed by atoms with E-state index in [0.717, 1.165) is 18.2 Å². The highest BCUT2D eigenvalue weighted by atomic mass is 79.9. The zero-order valence-electron chi connectivity index (χ0n) is 9.64. The summed E-state index contributed by atoms with van der Waals surface area (Å²) >= 11 is 3.27. The zero-order chi connectivity index (χ0) is 13.0. The molecule has 0 bridgehead atoms. The van der Waals surface area contributed by atoms with Gasteiger partial charge in [0.05, 0.1) is 5.56 Å². The number of carbonyl (C=O) groups is 1. The Hall–Kier alpha value is -0.970. The lowest BCUT2D eigenvalue weighted by Crippen LogP contribution is -2.40. The van der Waals surface area contributed by atoms with Crippen LogP contribution in [0.2, 0.25) is 0 Å². The predicted molar refractivity (Wildman–Crippen MR) is 66.2 cm³/mol. The number of halogens is 3. The third-order valence-corrected chi connectivity index (χ3v) is 3.16. The molecule has 0 aliphatic carbocycles. The molecule has 0 saturated carbocycles. The van der Waals surface area contributed by atoms with Crippen LogP contribution in [0.1, 0.15) is 24.2 Å². The molecule has 1 rings (SSSR count). The van der Waals surface area contributed by atoms with E-state index in [1.807, 2.05) is 13.8 Å². The maximum atomic E-state index is 13.3. The van der Waals surface area contributed by atoms with Gasteiger partial charge in [0.1, 0.15) is 11.6 Å². The second-order valence-electron chi connectivity index (χ2n) is 4.10. The van der Waals surface area contributed by atoms with Crippen molar-refractivity contribution in [1.29, 1.82) is 0 Å². The van der Waals surface area contributed by atoms with Gasteiger partial charge in [-0.1, -0.05) is 29.8 Å². The van der Waals surface area contributed by atoms with Crippen LogP contribution in [-0.4, -0.2) is 17.3 Å². The fourth-order valence-corrected chi connectivity index (χ4v) is 2.21. The Morgan fingerprint density at radius 2 is 2.06 bits per heavy atom. The first-order valence-electron chi connectivity index (χ1n) is 5.27. The lowest BCUT2D eigenvalue weighted by Gasteiger charge is -2.20. The van der Waals surface area contributed by atoms with Crippen molar-refractivity contribution in [2.75, 3.05) is 5.33 Å². The summed E-state index contributed by atoms with van der Waals surface area (Å²) in [5, 5.41) is 3.22. The number of carbonyl (C=O) groups excluding carboxylic acids is 1. The van der Waals surface area contributed by atoms with Crippen molar-refractivity contribution in [1.82, 2.24) is 5.32 Å². The van der Waals surface area contributed by atoms with Gasteiger partial charge < -0.3 is 5.32 Å². The van der Waals surface area contributed by atoms with E-state index < -0.39 is 17.5 Å². The molecule has 1 amide bonds. The van der Waals surface area contributed by atoms with Gasteiger partial charge in [0.25, 0.3) is 5.91 Å². The van der Waals surface area contributed by atoms with E-state index in [1.165, 1.54) is 0 Å². The molecule has 0 fully saturated rings. The van der Waals surface area contributed by atoms with Crippen LogP contribution in [0, 0.1) is 17.6 Å². The van der Waals surface area contributed by atoms with Crippen molar-refractivity contribution in [3.8, 4) is 0 Å². The van der Waals surface area contributed by atoms with Gasteiger partial charge in [0, 0.05) is 11.4 Å². The third-order valence-electron chi connectivity index (χ3n) is 2.46. The van der Waals surface area contributed by atoms with Crippen molar-refractivity contribution in [2.45, 2.75) is 19.9 Å². The van der Waals surface area contributed by atoms with Gasteiger partial charge in [-0.05, 0) is 24.1 Å². The number of nitrogens with one attached hydrogen (secondary N) is 1. The molecule has 1 atom stereocenters. The van der Waals surface area contributed by atoms with E-state index in [0.29, 0.717) is 5.33 Å². The van der Waals surface area contributed by atoms with E-state index in [-0.39, 0.29) is 17.5 Å². The van der Waals surface area contributed by atoms with Crippen molar-refractivity contribution >= 4 is 21.8 Å². The molecular weight excluding hydrogens is 292 g/mol. The quantitative estimate of drug-likeness (QED) is 0.851. The van der Waals surface area contributed by atoms with Crippen LogP contribution in [0.3, 0.4) is 0 Å².